The molecule has 2 aromatic rings. The molecule has 6 nitrogen and oxygen atoms in total. The zero-order valence-corrected chi connectivity index (χ0v) is 14.7. The first kappa shape index (κ1) is 18.3. The van der Waals surface area contributed by atoms with Crippen LogP contribution in [0.4, 0.5) is 11.4 Å². The molecule has 0 saturated heterocycles. The minimum Gasteiger partial charge on any atom is -0.494 e. The second-order valence-electron chi connectivity index (χ2n) is 5.64. The van der Waals surface area contributed by atoms with Gasteiger partial charge >= 0.3 is 0 Å². The number of hydrogen-bond acceptors (Lipinski definition) is 4. The number of hydrogen-bond donors (Lipinski definition) is 2. The highest BCUT2D eigenvalue weighted by Gasteiger charge is 2.09. The average Bonchev–Trinajstić information content (AvgIpc) is 2.60. The molecule has 2 amide bonds. The van der Waals surface area contributed by atoms with Gasteiger partial charge in [0.05, 0.1) is 13.2 Å². The molecule has 0 atom stereocenters. The smallest absolute Gasteiger partial charge is 0.253 e. The molecule has 25 heavy (non-hydrogen) atoms. The third-order valence-electron chi connectivity index (χ3n) is 3.40. The fraction of sp³-hybridized carbons (Fsp3) is 0.263. The molecule has 0 heterocycles. The van der Waals surface area contributed by atoms with Crippen LogP contribution in [-0.2, 0) is 4.79 Å². The molecule has 0 unspecified atom stereocenters. The molecular formula is C19H23N3O3. The maximum atomic E-state index is 12.1. The lowest BCUT2D eigenvalue weighted by molar-refractivity contribution is -0.114. The minimum atomic E-state index is -0.198. The van der Waals surface area contributed by atoms with Gasteiger partial charge in [-0.15, -0.1) is 0 Å². The highest BCUT2D eigenvalue weighted by molar-refractivity contribution is 5.97. The van der Waals surface area contributed by atoms with E-state index >= 15 is 0 Å². The van der Waals surface area contributed by atoms with Gasteiger partial charge in [0.15, 0.2) is 0 Å². The summed E-state index contributed by atoms with van der Waals surface area (Å²) in [4.78, 5) is 25.6. The largest absolute Gasteiger partial charge is 0.494 e. The summed E-state index contributed by atoms with van der Waals surface area (Å²) >= 11 is 0. The van der Waals surface area contributed by atoms with E-state index in [0.717, 1.165) is 11.4 Å². The number of anilines is 2. The molecule has 0 spiro atoms. The van der Waals surface area contributed by atoms with Crippen LogP contribution in [0.2, 0.25) is 0 Å². The molecule has 6 heteroatoms. The van der Waals surface area contributed by atoms with Gasteiger partial charge in [0.25, 0.3) is 5.91 Å². The van der Waals surface area contributed by atoms with Crippen LogP contribution in [0.5, 0.6) is 5.75 Å². The molecule has 0 aliphatic carbocycles. The van der Waals surface area contributed by atoms with Gasteiger partial charge < -0.3 is 20.3 Å². The number of amides is 2. The fourth-order valence-corrected chi connectivity index (χ4v) is 2.24. The van der Waals surface area contributed by atoms with Crippen molar-refractivity contribution >= 4 is 23.2 Å². The molecule has 0 aliphatic rings. The molecule has 0 aliphatic heterocycles. The van der Waals surface area contributed by atoms with Crippen molar-refractivity contribution < 1.29 is 14.3 Å². The summed E-state index contributed by atoms with van der Waals surface area (Å²) in [6, 6.07) is 14.3. The van der Waals surface area contributed by atoms with Crippen LogP contribution in [-0.4, -0.2) is 44.0 Å². The average molecular weight is 341 g/mol. The Morgan fingerprint density at radius 2 is 1.76 bits per heavy atom. The SMILES string of the molecule is CCOc1cccc(NCC(=O)Nc2cccc(C(=O)N(C)C)c2)c1. The summed E-state index contributed by atoms with van der Waals surface area (Å²) in [5.74, 6) is 0.445. The first-order valence-corrected chi connectivity index (χ1v) is 8.08. The second-order valence-corrected chi connectivity index (χ2v) is 5.64. The number of nitrogens with zero attached hydrogens (tertiary/aromatic N) is 1. The number of nitrogens with one attached hydrogen (secondary N) is 2. The summed E-state index contributed by atoms with van der Waals surface area (Å²) in [5.41, 5.74) is 1.92. The van der Waals surface area contributed by atoms with Gasteiger partial charge in [0, 0.05) is 37.1 Å². The molecule has 0 radical (unpaired) electrons. The fourth-order valence-electron chi connectivity index (χ4n) is 2.24. The van der Waals surface area contributed by atoms with Gasteiger partial charge in [0.2, 0.25) is 5.91 Å². The Morgan fingerprint density at radius 3 is 2.48 bits per heavy atom. The molecule has 0 fully saturated rings. The summed E-state index contributed by atoms with van der Waals surface area (Å²) in [7, 11) is 3.38. The highest BCUT2D eigenvalue weighted by atomic mass is 16.5. The van der Waals surface area contributed by atoms with E-state index < -0.39 is 0 Å². The van der Waals surface area contributed by atoms with Crippen molar-refractivity contribution in [3.8, 4) is 5.75 Å². The Hall–Kier alpha value is -3.02. The van der Waals surface area contributed by atoms with E-state index in [1.54, 1.807) is 38.4 Å². The Balaban J connectivity index is 1.93. The molecule has 0 bridgehead atoms. The number of rotatable bonds is 7. The summed E-state index contributed by atoms with van der Waals surface area (Å²) < 4.78 is 5.43. The van der Waals surface area contributed by atoms with E-state index in [0.29, 0.717) is 17.9 Å². The molecule has 0 aromatic heterocycles. The molecule has 2 rings (SSSR count). The lowest BCUT2D eigenvalue weighted by Gasteiger charge is -2.12. The van der Waals surface area contributed by atoms with Crippen LogP contribution < -0.4 is 15.4 Å². The van der Waals surface area contributed by atoms with Crippen molar-refractivity contribution in [1.82, 2.24) is 4.90 Å². The van der Waals surface area contributed by atoms with Gasteiger partial charge in [-0.1, -0.05) is 12.1 Å². The second kappa shape index (κ2) is 8.73. The number of ether oxygens (including phenoxy) is 1. The van der Waals surface area contributed by atoms with E-state index in [4.69, 9.17) is 4.74 Å². The van der Waals surface area contributed by atoms with E-state index in [2.05, 4.69) is 10.6 Å². The minimum absolute atomic E-state index is 0.109. The van der Waals surface area contributed by atoms with E-state index in [1.165, 1.54) is 4.90 Å². The molecule has 132 valence electrons. The van der Waals surface area contributed by atoms with Gasteiger partial charge in [-0.25, -0.2) is 0 Å². The van der Waals surface area contributed by atoms with Crippen molar-refractivity contribution in [2.75, 3.05) is 37.9 Å². The van der Waals surface area contributed by atoms with Crippen LogP contribution in [0.15, 0.2) is 48.5 Å². The zero-order chi connectivity index (χ0) is 18.2. The van der Waals surface area contributed by atoms with Crippen molar-refractivity contribution in [2.24, 2.45) is 0 Å². The van der Waals surface area contributed by atoms with Crippen LogP contribution in [0.3, 0.4) is 0 Å². The Morgan fingerprint density at radius 1 is 1.04 bits per heavy atom. The lowest BCUT2D eigenvalue weighted by Crippen LogP contribution is -2.23. The topological polar surface area (TPSA) is 70.7 Å². The number of carbonyl (C=O) groups is 2. The van der Waals surface area contributed by atoms with E-state index in [1.807, 2.05) is 31.2 Å². The molecule has 0 saturated carbocycles. The predicted octanol–water partition coefficient (Wildman–Crippen LogP) is 2.84. The molecular weight excluding hydrogens is 318 g/mol. The normalized spacial score (nSPS) is 10.0. The standard InChI is InChI=1S/C19H23N3O3/c1-4-25-17-10-6-8-15(12-17)20-13-18(23)21-16-9-5-7-14(11-16)19(24)22(2)3/h5-12,20H,4,13H2,1-3H3,(H,21,23). The molecule has 2 aromatic carbocycles. The van der Waals surface area contributed by atoms with E-state index in [9.17, 15) is 9.59 Å². The van der Waals surface area contributed by atoms with Crippen molar-refractivity contribution in [2.45, 2.75) is 6.92 Å². The monoisotopic (exact) mass is 341 g/mol. The van der Waals surface area contributed by atoms with E-state index in [-0.39, 0.29) is 18.4 Å². The van der Waals surface area contributed by atoms with Gasteiger partial charge in [-0.05, 0) is 37.3 Å². The van der Waals surface area contributed by atoms with Gasteiger partial charge in [0.1, 0.15) is 5.75 Å². The Bertz CT molecular complexity index is 744. The predicted molar refractivity (Wildman–Crippen MR) is 99.2 cm³/mol. The van der Waals surface area contributed by atoms with Crippen LogP contribution >= 0.6 is 0 Å². The van der Waals surface area contributed by atoms with Crippen molar-refractivity contribution in [3.05, 3.63) is 54.1 Å². The van der Waals surface area contributed by atoms with Crippen LogP contribution in [0.1, 0.15) is 17.3 Å². The van der Waals surface area contributed by atoms with Crippen molar-refractivity contribution in [1.29, 1.82) is 0 Å². The van der Waals surface area contributed by atoms with Crippen molar-refractivity contribution in [3.63, 3.8) is 0 Å². The Kier molecular flexibility index (Phi) is 6.39. The third kappa shape index (κ3) is 5.53. The highest BCUT2D eigenvalue weighted by Crippen LogP contribution is 2.17. The zero-order valence-electron chi connectivity index (χ0n) is 14.7. The first-order chi connectivity index (χ1) is 12.0. The Labute approximate surface area is 147 Å². The van der Waals surface area contributed by atoms with Crippen LogP contribution in [0.25, 0.3) is 0 Å². The lowest BCUT2D eigenvalue weighted by atomic mass is 10.2. The summed E-state index contributed by atoms with van der Waals surface area (Å²) in [6.45, 7) is 2.62. The van der Waals surface area contributed by atoms with Gasteiger partial charge in [-0.3, -0.25) is 9.59 Å². The van der Waals surface area contributed by atoms with Crippen LogP contribution in [0, 0.1) is 0 Å². The first-order valence-electron chi connectivity index (χ1n) is 8.08. The molecule has 2 N–H and O–H groups in total. The summed E-state index contributed by atoms with van der Waals surface area (Å²) in [6.07, 6.45) is 0. The maximum Gasteiger partial charge on any atom is 0.253 e. The number of carbonyl (C=O) groups excluding carboxylic acids is 2. The maximum absolute atomic E-state index is 12.1. The quantitative estimate of drug-likeness (QED) is 0.812. The number of benzene rings is 2. The van der Waals surface area contributed by atoms with Gasteiger partial charge in [-0.2, -0.15) is 0 Å². The summed E-state index contributed by atoms with van der Waals surface area (Å²) in [5, 5.41) is 5.83. The third-order valence-corrected chi connectivity index (χ3v) is 3.40.